The van der Waals surface area contributed by atoms with Crippen LogP contribution in [0.4, 0.5) is 17.1 Å². The number of rotatable bonds is 16. The lowest BCUT2D eigenvalue weighted by atomic mass is 10.1. The van der Waals surface area contributed by atoms with Gasteiger partial charge < -0.3 is 5.32 Å². The fraction of sp³-hybridized carbons (Fsp3) is 0.400. The van der Waals surface area contributed by atoms with Crippen molar-refractivity contribution in [3.63, 3.8) is 0 Å². The number of carbonyl (C=O) groups is 2. The van der Waals surface area contributed by atoms with E-state index in [0.29, 0.717) is 38.9 Å². The van der Waals surface area contributed by atoms with Crippen LogP contribution in [0.25, 0.3) is 11.0 Å². The van der Waals surface area contributed by atoms with Gasteiger partial charge in [0.2, 0.25) is 5.91 Å². The van der Waals surface area contributed by atoms with Crippen molar-refractivity contribution in [1.29, 1.82) is 0 Å². The van der Waals surface area contributed by atoms with Gasteiger partial charge in [-0.2, -0.15) is 0 Å². The first kappa shape index (κ1) is 35.9. The van der Waals surface area contributed by atoms with Crippen LogP contribution in [0.3, 0.4) is 0 Å². The molecule has 0 bridgehead atoms. The first-order valence-corrected chi connectivity index (χ1v) is 18.0. The van der Waals surface area contributed by atoms with Gasteiger partial charge in [0.1, 0.15) is 11.2 Å². The summed E-state index contributed by atoms with van der Waals surface area (Å²) < 4.78 is 1.48. The van der Waals surface area contributed by atoms with Crippen molar-refractivity contribution in [2.24, 2.45) is 4.99 Å². The number of hydrazine groups is 1. The largest absolute Gasteiger partial charge is 0.326 e. The average Bonchev–Trinajstić information content (AvgIpc) is 3.61. The van der Waals surface area contributed by atoms with E-state index in [1.54, 1.807) is 24.3 Å². The first-order chi connectivity index (χ1) is 23.3. The van der Waals surface area contributed by atoms with Crippen molar-refractivity contribution in [2.75, 3.05) is 10.3 Å². The minimum Gasteiger partial charge on any atom is -0.326 e. The standard InChI is InChI=1S/C35H39Cl4N7O2/c1-2-3-4-5-6-7-8-9-10-11-12-17-31(47)40-24-18-19-25(37)29(22-24)41-34-33(45-30-16-14-13-15-28(30)42-44-45)35(48)46(43-34)32-26(38)20-23(36)21-27(32)39/h13-16,18-22,33H,2-12,17H2,1H3,(H,40,47)(H,41,43). The van der Waals surface area contributed by atoms with E-state index in [9.17, 15) is 9.59 Å². The minimum atomic E-state index is -1.06. The van der Waals surface area contributed by atoms with Gasteiger partial charge in [-0.25, -0.2) is 14.7 Å². The van der Waals surface area contributed by atoms with Crippen LogP contribution in [-0.4, -0.2) is 32.6 Å². The summed E-state index contributed by atoms with van der Waals surface area (Å²) in [4.78, 5) is 31.6. The topological polar surface area (TPSA) is 105 Å². The second-order valence-corrected chi connectivity index (χ2v) is 13.6. The number of aromatic nitrogens is 3. The fourth-order valence-electron chi connectivity index (χ4n) is 5.75. The maximum absolute atomic E-state index is 14.0. The molecule has 0 saturated carbocycles. The van der Waals surface area contributed by atoms with E-state index in [1.165, 1.54) is 73.2 Å². The number of anilines is 2. The van der Waals surface area contributed by atoms with Crippen molar-refractivity contribution in [3.05, 3.63) is 74.7 Å². The van der Waals surface area contributed by atoms with Crippen molar-refractivity contribution in [2.45, 2.75) is 90.0 Å². The average molecular weight is 732 g/mol. The van der Waals surface area contributed by atoms with Gasteiger partial charge in [-0.1, -0.05) is 135 Å². The van der Waals surface area contributed by atoms with Crippen LogP contribution in [-0.2, 0) is 9.59 Å². The van der Waals surface area contributed by atoms with E-state index in [1.807, 2.05) is 18.2 Å². The van der Waals surface area contributed by atoms with E-state index in [2.05, 4.69) is 28.0 Å². The summed E-state index contributed by atoms with van der Waals surface area (Å²) in [6, 6.07) is 14.2. The monoisotopic (exact) mass is 729 g/mol. The van der Waals surface area contributed by atoms with E-state index < -0.39 is 11.9 Å². The number of amidine groups is 1. The van der Waals surface area contributed by atoms with E-state index in [4.69, 9.17) is 51.4 Å². The molecule has 2 N–H and O–H groups in total. The summed E-state index contributed by atoms with van der Waals surface area (Å²) in [5.74, 6) is -0.335. The van der Waals surface area contributed by atoms with Gasteiger partial charge in [0.15, 0.2) is 11.9 Å². The summed E-state index contributed by atoms with van der Waals surface area (Å²) >= 11 is 25.7. The lowest BCUT2D eigenvalue weighted by molar-refractivity contribution is -0.119. The second kappa shape index (κ2) is 17.3. The van der Waals surface area contributed by atoms with E-state index >= 15 is 0 Å². The number of nitrogens with one attached hydrogen (secondary N) is 2. The molecule has 0 spiro atoms. The van der Waals surface area contributed by atoms with Gasteiger partial charge in [-0.05, 0) is 48.9 Å². The number of para-hydroxylation sites is 1. The zero-order valence-electron chi connectivity index (χ0n) is 26.8. The third-order valence-electron chi connectivity index (χ3n) is 8.25. The Balaban J connectivity index is 1.28. The quantitative estimate of drug-likeness (QED) is 0.112. The number of hydrogen-bond donors (Lipinski definition) is 2. The highest BCUT2D eigenvalue weighted by Gasteiger charge is 2.43. The highest BCUT2D eigenvalue weighted by Crippen LogP contribution is 2.39. The predicted molar refractivity (Wildman–Crippen MR) is 197 cm³/mol. The normalized spacial score (nSPS) is 15.4. The molecule has 4 aromatic rings. The highest BCUT2D eigenvalue weighted by atomic mass is 35.5. The molecule has 1 aromatic heterocycles. The zero-order valence-corrected chi connectivity index (χ0v) is 29.8. The summed E-state index contributed by atoms with van der Waals surface area (Å²) in [5.41, 5.74) is 5.36. The summed E-state index contributed by atoms with van der Waals surface area (Å²) in [5, 5.41) is 13.6. The maximum atomic E-state index is 14.0. The molecular weight excluding hydrogens is 692 g/mol. The van der Waals surface area contributed by atoms with Gasteiger partial charge in [0.25, 0.3) is 5.91 Å². The molecule has 5 rings (SSSR count). The van der Waals surface area contributed by atoms with E-state index in [0.717, 1.165) is 19.3 Å². The lowest BCUT2D eigenvalue weighted by Crippen LogP contribution is -2.36. The molecule has 1 unspecified atom stereocenters. The molecule has 2 heterocycles. The molecule has 1 fully saturated rings. The van der Waals surface area contributed by atoms with Crippen LogP contribution in [0.1, 0.15) is 90.0 Å². The highest BCUT2D eigenvalue weighted by molar-refractivity contribution is 6.43. The van der Waals surface area contributed by atoms with Crippen molar-refractivity contribution >= 4 is 92.1 Å². The van der Waals surface area contributed by atoms with Crippen LogP contribution in [0.5, 0.6) is 0 Å². The number of aliphatic imine (C=N–C) groups is 1. The maximum Gasteiger partial charge on any atom is 0.278 e. The first-order valence-electron chi connectivity index (χ1n) is 16.5. The molecule has 2 amide bonds. The van der Waals surface area contributed by atoms with Crippen LogP contribution in [0.15, 0.2) is 59.6 Å². The molecule has 9 nitrogen and oxygen atoms in total. The number of benzene rings is 3. The van der Waals surface area contributed by atoms with Crippen molar-refractivity contribution < 1.29 is 9.59 Å². The molecule has 3 aromatic carbocycles. The molecule has 1 aliphatic heterocycles. The molecule has 48 heavy (non-hydrogen) atoms. The third-order valence-corrected chi connectivity index (χ3v) is 9.36. The number of amides is 2. The molecule has 1 saturated heterocycles. The van der Waals surface area contributed by atoms with Crippen molar-refractivity contribution in [1.82, 2.24) is 20.4 Å². The lowest BCUT2D eigenvalue weighted by Gasteiger charge is -2.19. The third kappa shape index (κ3) is 8.99. The van der Waals surface area contributed by atoms with Crippen LogP contribution in [0, 0.1) is 0 Å². The number of halogens is 4. The molecule has 1 aliphatic rings. The Morgan fingerprint density at radius 3 is 2.19 bits per heavy atom. The number of unbranched alkanes of at least 4 members (excludes halogenated alkanes) is 10. The smallest absolute Gasteiger partial charge is 0.278 e. The Kier molecular flexibility index (Phi) is 13.0. The zero-order chi connectivity index (χ0) is 34.0. The Morgan fingerprint density at radius 2 is 1.50 bits per heavy atom. The fourth-order valence-corrected chi connectivity index (χ4v) is 6.89. The number of hydrogen-bond acceptors (Lipinski definition) is 5. The predicted octanol–water partition coefficient (Wildman–Crippen LogP) is 10.5. The minimum absolute atomic E-state index is 0.0776. The summed E-state index contributed by atoms with van der Waals surface area (Å²) in [6.45, 7) is 2.24. The number of nitrogens with zero attached hydrogens (tertiary/aromatic N) is 5. The van der Waals surface area contributed by atoms with Gasteiger partial charge in [0.05, 0.1) is 26.3 Å². The summed E-state index contributed by atoms with van der Waals surface area (Å²) in [6.07, 6.45) is 13.8. The Hall–Kier alpha value is -3.37. The Bertz CT molecular complexity index is 1750. The Morgan fingerprint density at radius 1 is 0.854 bits per heavy atom. The Labute approximate surface area is 300 Å². The molecule has 13 heteroatoms. The molecular formula is C35H39Cl4N7O2. The van der Waals surface area contributed by atoms with E-state index in [-0.39, 0.29) is 27.5 Å². The SMILES string of the molecule is CCCCCCCCCCCCCC(=O)Nc1ccc(Cl)c(N=C2NN(c3c(Cl)cc(Cl)cc3Cl)C(=O)C2n2nnc3ccccc32)c1. The molecule has 0 radical (unpaired) electrons. The van der Waals surface area contributed by atoms with Gasteiger partial charge in [-0.15, -0.1) is 5.10 Å². The molecule has 0 aliphatic carbocycles. The number of carbonyl (C=O) groups excluding carboxylic acids is 2. The molecule has 1 atom stereocenters. The van der Waals surface area contributed by atoms with Crippen LogP contribution < -0.4 is 15.8 Å². The van der Waals surface area contributed by atoms with Gasteiger partial charge >= 0.3 is 0 Å². The van der Waals surface area contributed by atoms with Gasteiger partial charge in [-0.3, -0.25) is 15.0 Å². The second-order valence-electron chi connectivity index (χ2n) is 11.9. The number of fused-ring (bicyclic) bond motifs is 1. The van der Waals surface area contributed by atoms with Crippen LogP contribution in [0.2, 0.25) is 20.1 Å². The van der Waals surface area contributed by atoms with Gasteiger partial charge in [0, 0.05) is 17.1 Å². The molecule has 254 valence electrons. The summed E-state index contributed by atoms with van der Waals surface area (Å²) in [7, 11) is 0. The van der Waals surface area contributed by atoms with Crippen LogP contribution >= 0.6 is 46.4 Å². The van der Waals surface area contributed by atoms with Crippen molar-refractivity contribution in [3.8, 4) is 0 Å².